The molecule has 0 radical (unpaired) electrons. The van der Waals surface area contributed by atoms with Gasteiger partial charge in [-0.1, -0.05) is 35.9 Å². The van der Waals surface area contributed by atoms with Crippen LogP contribution in [-0.4, -0.2) is 5.11 Å². The first-order valence-electron chi connectivity index (χ1n) is 6.65. The quantitative estimate of drug-likeness (QED) is 0.753. The predicted octanol–water partition coefficient (Wildman–Crippen LogP) is 4.81. The first-order chi connectivity index (χ1) is 10.0. The molecule has 0 fully saturated rings. The Balaban J connectivity index is 1.90. The van der Waals surface area contributed by atoms with Gasteiger partial charge in [-0.05, 0) is 36.2 Å². The van der Waals surface area contributed by atoms with Gasteiger partial charge in [0.1, 0.15) is 23.3 Å². The molecule has 1 aromatic heterocycles. The molecule has 0 amide bonds. The van der Waals surface area contributed by atoms with Crippen molar-refractivity contribution >= 4 is 22.6 Å². The molecule has 0 aliphatic rings. The number of hydrogen-bond acceptors (Lipinski definition) is 2. The number of para-hydroxylation sites is 1. The van der Waals surface area contributed by atoms with Gasteiger partial charge in [-0.25, -0.2) is 4.39 Å². The van der Waals surface area contributed by atoms with Crippen LogP contribution in [0.3, 0.4) is 0 Å². The average molecular weight is 305 g/mol. The highest BCUT2D eigenvalue weighted by molar-refractivity contribution is 6.31. The van der Waals surface area contributed by atoms with Gasteiger partial charge < -0.3 is 9.52 Å². The number of benzene rings is 2. The molecule has 1 unspecified atom stereocenters. The molecule has 1 heterocycles. The van der Waals surface area contributed by atoms with Crippen LogP contribution in [0.4, 0.5) is 4.39 Å². The molecule has 1 N–H and O–H groups in total. The number of aliphatic hydroxyl groups is 1. The molecule has 21 heavy (non-hydrogen) atoms. The van der Waals surface area contributed by atoms with Crippen LogP contribution in [0, 0.1) is 12.7 Å². The molecule has 0 aliphatic heterocycles. The third kappa shape index (κ3) is 2.80. The van der Waals surface area contributed by atoms with Crippen molar-refractivity contribution in [2.75, 3.05) is 0 Å². The molecule has 3 rings (SSSR count). The van der Waals surface area contributed by atoms with Crippen LogP contribution in [0.5, 0.6) is 0 Å². The van der Waals surface area contributed by atoms with E-state index in [4.69, 9.17) is 16.0 Å². The number of aliphatic hydroxyl groups excluding tert-OH is 1. The van der Waals surface area contributed by atoms with Crippen LogP contribution < -0.4 is 0 Å². The zero-order valence-corrected chi connectivity index (χ0v) is 12.2. The molecule has 0 aliphatic carbocycles. The van der Waals surface area contributed by atoms with E-state index in [9.17, 15) is 9.50 Å². The molecule has 1 atom stereocenters. The lowest BCUT2D eigenvalue weighted by molar-refractivity contribution is 0.152. The molecular formula is C17H14ClFO2. The Hall–Kier alpha value is -1.84. The molecule has 0 bridgehead atoms. The smallest absolute Gasteiger partial charge is 0.137 e. The highest BCUT2D eigenvalue weighted by atomic mass is 35.5. The van der Waals surface area contributed by atoms with Crippen LogP contribution in [0.25, 0.3) is 11.0 Å². The summed E-state index contributed by atoms with van der Waals surface area (Å²) in [4.78, 5) is 0. The van der Waals surface area contributed by atoms with Crippen molar-refractivity contribution in [1.29, 1.82) is 0 Å². The first-order valence-corrected chi connectivity index (χ1v) is 7.03. The minimum Gasteiger partial charge on any atom is -0.458 e. The Bertz CT molecular complexity index is 795. The fourth-order valence-electron chi connectivity index (χ4n) is 2.39. The summed E-state index contributed by atoms with van der Waals surface area (Å²) in [5, 5.41) is 11.6. The third-order valence-corrected chi connectivity index (χ3v) is 3.87. The molecule has 2 nitrogen and oxygen atoms in total. The van der Waals surface area contributed by atoms with Gasteiger partial charge in [0.2, 0.25) is 0 Å². The summed E-state index contributed by atoms with van der Waals surface area (Å²) in [7, 11) is 0. The maximum Gasteiger partial charge on any atom is 0.137 e. The fourth-order valence-corrected chi connectivity index (χ4v) is 2.63. The minimum absolute atomic E-state index is 0.276. The maximum absolute atomic E-state index is 13.0. The Labute approximate surface area is 126 Å². The van der Waals surface area contributed by atoms with Crippen molar-refractivity contribution in [3.63, 3.8) is 0 Å². The van der Waals surface area contributed by atoms with E-state index in [1.165, 1.54) is 12.1 Å². The molecule has 0 saturated heterocycles. The number of aryl methyl sites for hydroxylation is 1. The number of halogens is 2. The Morgan fingerprint density at radius 3 is 2.76 bits per heavy atom. The van der Waals surface area contributed by atoms with Crippen LogP contribution in [0.2, 0.25) is 5.02 Å². The molecule has 4 heteroatoms. The largest absolute Gasteiger partial charge is 0.458 e. The van der Waals surface area contributed by atoms with Gasteiger partial charge in [0, 0.05) is 16.8 Å². The molecule has 2 aromatic carbocycles. The van der Waals surface area contributed by atoms with Crippen LogP contribution in [0.15, 0.2) is 46.9 Å². The second-order valence-corrected chi connectivity index (χ2v) is 5.50. The monoisotopic (exact) mass is 304 g/mol. The highest BCUT2D eigenvalue weighted by Gasteiger charge is 2.16. The van der Waals surface area contributed by atoms with E-state index in [0.717, 1.165) is 16.5 Å². The third-order valence-electron chi connectivity index (χ3n) is 3.52. The van der Waals surface area contributed by atoms with E-state index in [-0.39, 0.29) is 6.42 Å². The van der Waals surface area contributed by atoms with Gasteiger partial charge in [0.15, 0.2) is 0 Å². The van der Waals surface area contributed by atoms with Gasteiger partial charge in [-0.15, -0.1) is 0 Å². The van der Waals surface area contributed by atoms with Crippen molar-refractivity contribution < 1.29 is 13.9 Å². The summed E-state index contributed by atoms with van der Waals surface area (Å²) in [6, 6.07) is 11.8. The normalized spacial score (nSPS) is 12.8. The average Bonchev–Trinajstić information content (AvgIpc) is 2.87. The summed E-state index contributed by atoms with van der Waals surface area (Å²) in [6.07, 6.45) is -0.544. The zero-order valence-electron chi connectivity index (χ0n) is 11.4. The summed E-state index contributed by atoms with van der Waals surface area (Å²) >= 11 is 5.98. The Morgan fingerprint density at radius 2 is 2.05 bits per heavy atom. The van der Waals surface area contributed by atoms with Gasteiger partial charge in [-0.2, -0.15) is 0 Å². The summed E-state index contributed by atoms with van der Waals surface area (Å²) < 4.78 is 18.8. The van der Waals surface area contributed by atoms with Crippen molar-refractivity contribution in [2.24, 2.45) is 0 Å². The van der Waals surface area contributed by atoms with E-state index in [2.05, 4.69) is 0 Å². The fraction of sp³-hybridized carbons (Fsp3) is 0.176. The van der Waals surface area contributed by atoms with E-state index in [1.54, 1.807) is 6.07 Å². The van der Waals surface area contributed by atoms with Crippen LogP contribution in [0.1, 0.15) is 23.0 Å². The van der Waals surface area contributed by atoms with Crippen molar-refractivity contribution in [3.05, 3.63) is 70.2 Å². The topological polar surface area (TPSA) is 33.4 Å². The van der Waals surface area contributed by atoms with Crippen molar-refractivity contribution in [2.45, 2.75) is 19.4 Å². The van der Waals surface area contributed by atoms with E-state index in [0.29, 0.717) is 16.3 Å². The molecular weight excluding hydrogens is 291 g/mol. The summed E-state index contributed by atoms with van der Waals surface area (Å²) in [6.45, 7) is 1.96. The van der Waals surface area contributed by atoms with E-state index >= 15 is 0 Å². The Morgan fingerprint density at radius 1 is 1.24 bits per heavy atom. The standard InChI is InChI=1S/C17H14ClFO2/c1-10-3-2-4-12-8-16(21-17(10)12)15(20)7-11-5-6-13(19)9-14(11)18/h2-6,8-9,15,20H,7H2,1H3. The van der Waals surface area contributed by atoms with Gasteiger partial charge in [0.05, 0.1) is 0 Å². The molecule has 108 valence electrons. The van der Waals surface area contributed by atoms with Crippen LogP contribution >= 0.6 is 11.6 Å². The van der Waals surface area contributed by atoms with E-state index in [1.807, 2.05) is 31.2 Å². The zero-order chi connectivity index (χ0) is 15.0. The number of furan rings is 1. The number of rotatable bonds is 3. The molecule has 0 saturated carbocycles. The summed E-state index contributed by atoms with van der Waals surface area (Å²) in [5.74, 6) is 0.0947. The lowest BCUT2D eigenvalue weighted by Gasteiger charge is -2.09. The lowest BCUT2D eigenvalue weighted by atomic mass is 10.1. The maximum atomic E-state index is 13.0. The lowest BCUT2D eigenvalue weighted by Crippen LogP contribution is -2.01. The van der Waals surface area contributed by atoms with E-state index < -0.39 is 11.9 Å². The van der Waals surface area contributed by atoms with Crippen molar-refractivity contribution in [3.8, 4) is 0 Å². The van der Waals surface area contributed by atoms with Crippen LogP contribution in [-0.2, 0) is 6.42 Å². The number of fused-ring (bicyclic) bond motifs is 1. The number of hydrogen-bond donors (Lipinski definition) is 1. The minimum atomic E-state index is -0.820. The SMILES string of the molecule is Cc1cccc2cc(C(O)Cc3ccc(F)cc3Cl)oc12. The van der Waals surface area contributed by atoms with Crippen molar-refractivity contribution in [1.82, 2.24) is 0 Å². The second kappa shape index (κ2) is 5.51. The second-order valence-electron chi connectivity index (χ2n) is 5.10. The first kappa shape index (κ1) is 14.1. The Kier molecular flexibility index (Phi) is 3.70. The van der Waals surface area contributed by atoms with Gasteiger partial charge in [-0.3, -0.25) is 0 Å². The molecule has 0 spiro atoms. The van der Waals surface area contributed by atoms with Gasteiger partial charge >= 0.3 is 0 Å². The highest BCUT2D eigenvalue weighted by Crippen LogP contribution is 2.29. The molecule has 3 aromatic rings. The van der Waals surface area contributed by atoms with Gasteiger partial charge in [0.25, 0.3) is 0 Å². The summed E-state index contributed by atoms with van der Waals surface area (Å²) in [5.41, 5.74) is 2.48. The predicted molar refractivity (Wildman–Crippen MR) is 81.0 cm³/mol.